The van der Waals surface area contributed by atoms with Gasteiger partial charge in [-0.2, -0.15) is 0 Å². The highest BCUT2D eigenvalue weighted by Crippen LogP contribution is 2.32. The number of nitrogens with one attached hydrogen (secondary N) is 2. The molecular formula is C21H22FN5O2. The molecule has 1 amide bonds. The summed E-state index contributed by atoms with van der Waals surface area (Å²) in [5.74, 6) is 0.272. The van der Waals surface area contributed by atoms with Gasteiger partial charge in [0.05, 0.1) is 18.0 Å². The number of anilines is 3. The monoisotopic (exact) mass is 395 g/mol. The minimum Gasteiger partial charge on any atom is -0.396 e. The normalized spacial score (nSPS) is 10.6. The molecule has 0 aliphatic rings. The average Bonchev–Trinajstić information content (AvgIpc) is 2.68. The van der Waals surface area contributed by atoms with Crippen molar-refractivity contribution in [1.29, 1.82) is 0 Å². The summed E-state index contributed by atoms with van der Waals surface area (Å²) in [6, 6.07) is 10.2. The molecule has 2 heterocycles. The molecule has 2 aromatic heterocycles. The van der Waals surface area contributed by atoms with Crippen LogP contribution in [0.4, 0.5) is 21.7 Å². The lowest BCUT2D eigenvalue weighted by Gasteiger charge is -2.14. The zero-order chi connectivity index (χ0) is 21.0. The summed E-state index contributed by atoms with van der Waals surface area (Å²) in [7, 11) is 0. The molecule has 5 N–H and O–H groups in total. The van der Waals surface area contributed by atoms with Gasteiger partial charge in [-0.3, -0.25) is 4.79 Å². The number of carbonyl (C=O) groups excluding carboxylic acids is 1. The van der Waals surface area contributed by atoms with E-state index in [0.717, 1.165) is 22.3 Å². The molecule has 0 spiro atoms. The number of rotatable bonds is 6. The number of benzene rings is 1. The molecule has 8 heteroatoms. The molecule has 0 aliphatic carbocycles. The predicted molar refractivity (Wildman–Crippen MR) is 112 cm³/mol. The molecule has 0 unspecified atom stereocenters. The summed E-state index contributed by atoms with van der Waals surface area (Å²) in [6.45, 7) is 3.49. The minimum absolute atomic E-state index is 0.0499. The van der Waals surface area contributed by atoms with Crippen LogP contribution in [-0.2, 0) is 4.79 Å². The van der Waals surface area contributed by atoms with Crippen molar-refractivity contribution in [1.82, 2.24) is 9.97 Å². The Morgan fingerprint density at radius 1 is 1.17 bits per heavy atom. The number of aliphatic hydroxyl groups excluding tert-OH is 1. The molecule has 0 aliphatic heterocycles. The third kappa shape index (κ3) is 4.85. The first kappa shape index (κ1) is 20.2. The molecule has 0 bridgehead atoms. The van der Waals surface area contributed by atoms with E-state index in [1.807, 2.05) is 12.1 Å². The molecule has 0 saturated carbocycles. The van der Waals surface area contributed by atoms with E-state index in [-0.39, 0.29) is 18.2 Å². The Morgan fingerprint density at radius 3 is 2.66 bits per heavy atom. The highest BCUT2D eigenvalue weighted by Gasteiger charge is 2.12. The fourth-order valence-corrected chi connectivity index (χ4v) is 2.95. The molecule has 3 aromatic rings. The van der Waals surface area contributed by atoms with Gasteiger partial charge >= 0.3 is 0 Å². The SMILES string of the molecule is CC(=O)Nc1cc(-c2cc(-c3cc(N)c(F)cc3C)cc(NCCO)n2)ccn1. The third-order valence-electron chi connectivity index (χ3n) is 4.26. The lowest BCUT2D eigenvalue weighted by Crippen LogP contribution is -2.08. The number of halogens is 1. The number of nitrogens with zero attached hydrogens (tertiary/aromatic N) is 2. The summed E-state index contributed by atoms with van der Waals surface area (Å²) < 4.78 is 13.8. The van der Waals surface area contributed by atoms with Crippen LogP contribution in [0.2, 0.25) is 0 Å². The molecule has 3 rings (SSSR count). The van der Waals surface area contributed by atoms with Crippen molar-refractivity contribution in [2.75, 3.05) is 29.5 Å². The van der Waals surface area contributed by atoms with Gasteiger partial charge in [0.15, 0.2) is 0 Å². The standard InChI is InChI=1S/C21H22FN5O2/c1-12-7-17(22)18(23)11-16(12)15-8-19(27-21(10-15)25-5-6-28)14-3-4-24-20(9-14)26-13(2)29/h3-4,7-11,28H,5-6,23H2,1-2H3,(H,25,27)(H,24,26,29). The topological polar surface area (TPSA) is 113 Å². The summed E-state index contributed by atoms with van der Waals surface area (Å²) in [6.07, 6.45) is 1.58. The van der Waals surface area contributed by atoms with E-state index in [9.17, 15) is 9.18 Å². The van der Waals surface area contributed by atoms with Gasteiger partial charge in [0.25, 0.3) is 0 Å². The van der Waals surface area contributed by atoms with E-state index >= 15 is 0 Å². The molecule has 1 aromatic carbocycles. The first-order chi connectivity index (χ1) is 13.9. The number of aryl methyl sites for hydroxylation is 1. The van der Waals surface area contributed by atoms with Gasteiger partial charge < -0.3 is 21.5 Å². The Bertz CT molecular complexity index is 1060. The lowest BCUT2D eigenvalue weighted by molar-refractivity contribution is -0.114. The highest BCUT2D eigenvalue weighted by atomic mass is 19.1. The number of carbonyl (C=O) groups is 1. The maximum Gasteiger partial charge on any atom is 0.222 e. The zero-order valence-corrected chi connectivity index (χ0v) is 16.2. The molecule has 0 saturated heterocycles. The van der Waals surface area contributed by atoms with E-state index in [2.05, 4.69) is 20.6 Å². The van der Waals surface area contributed by atoms with Gasteiger partial charge in [0.1, 0.15) is 17.5 Å². The van der Waals surface area contributed by atoms with Crippen LogP contribution < -0.4 is 16.4 Å². The van der Waals surface area contributed by atoms with Crippen LogP contribution in [0.5, 0.6) is 0 Å². The van der Waals surface area contributed by atoms with Crippen LogP contribution in [0.15, 0.2) is 42.6 Å². The number of nitrogens with two attached hydrogens (primary N) is 1. The van der Waals surface area contributed by atoms with E-state index in [4.69, 9.17) is 10.8 Å². The molecule has 0 atom stereocenters. The van der Waals surface area contributed by atoms with Gasteiger partial charge in [0.2, 0.25) is 5.91 Å². The van der Waals surface area contributed by atoms with Crippen molar-refractivity contribution in [3.8, 4) is 22.4 Å². The van der Waals surface area contributed by atoms with E-state index < -0.39 is 5.82 Å². The van der Waals surface area contributed by atoms with Gasteiger partial charge in [-0.15, -0.1) is 0 Å². The predicted octanol–water partition coefficient (Wildman–Crippen LogP) is 3.20. The minimum atomic E-state index is -0.465. The van der Waals surface area contributed by atoms with Gasteiger partial charge in [0, 0.05) is 25.2 Å². The average molecular weight is 395 g/mol. The zero-order valence-electron chi connectivity index (χ0n) is 16.2. The van der Waals surface area contributed by atoms with Crippen LogP contribution in [0.1, 0.15) is 12.5 Å². The summed E-state index contributed by atoms with van der Waals surface area (Å²) in [5, 5.41) is 14.8. The van der Waals surface area contributed by atoms with E-state index in [1.54, 1.807) is 31.3 Å². The van der Waals surface area contributed by atoms with Crippen molar-refractivity contribution in [2.24, 2.45) is 0 Å². The molecule has 7 nitrogen and oxygen atoms in total. The van der Waals surface area contributed by atoms with Gasteiger partial charge in [-0.25, -0.2) is 14.4 Å². The second-order valence-electron chi connectivity index (χ2n) is 6.58. The number of hydrogen-bond acceptors (Lipinski definition) is 6. The van der Waals surface area contributed by atoms with Crippen molar-refractivity contribution >= 4 is 23.2 Å². The number of nitrogen functional groups attached to an aromatic ring is 1. The van der Waals surface area contributed by atoms with E-state index in [1.165, 1.54) is 13.0 Å². The van der Waals surface area contributed by atoms with Crippen LogP contribution in [0, 0.1) is 12.7 Å². The second kappa shape index (κ2) is 8.66. The van der Waals surface area contributed by atoms with Crippen molar-refractivity contribution in [2.45, 2.75) is 13.8 Å². The Hall–Kier alpha value is -3.52. The number of pyridine rings is 2. The highest BCUT2D eigenvalue weighted by molar-refractivity contribution is 5.88. The first-order valence-electron chi connectivity index (χ1n) is 9.04. The van der Waals surface area contributed by atoms with Gasteiger partial charge in [-0.05, 0) is 60.0 Å². The van der Waals surface area contributed by atoms with Crippen LogP contribution in [-0.4, -0.2) is 34.1 Å². The maximum atomic E-state index is 13.8. The Morgan fingerprint density at radius 2 is 1.93 bits per heavy atom. The van der Waals surface area contributed by atoms with Crippen molar-refractivity contribution in [3.05, 3.63) is 54.0 Å². The largest absolute Gasteiger partial charge is 0.396 e. The lowest BCUT2D eigenvalue weighted by atomic mass is 9.98. The first-order valence-corrected chi connectivity index (χ1v) is 9.04. The Labute approximate surface area is 167 Å². The Balaban J connectivity index is 2.12. The fourth-order valence-electron chi connectivity index (χ4n) is 2.95. The smallest absolute Gasteiger partial charge is 0.222 e. The van der Waals surface area contributed by atoms with E-state index in [0.29, 0.717) is 23.9 Å². The Kier molecular flexibility index (Phi) is 6.04. The number of aliphatic hydroxyl groups is 1. The number of hydrogen-bond donors (Lipinski definition) is 4. The van der Waals surface area contributed by atoms with Crippen molar-refractivity contribution in [3.63, 3.8) is 0 Å². The molecule has 0 fully saturated rings. The molecular weight excluding hydrogens is 373 g/mol. The van der Waals surface area contributed by atoms with Crippen LogP contribution in [0.25, 0.3) is 22.4 Å². The maximum absolute atomic E-state index is 13.8. The fraction of sp³-hybridized carbons (Fsp3) is 0.190. The van der Waals surface area contributed by atoms with Gasteiger partial charge in [-0.1, -0.05) is 0 Å². The molecule has 150 valence electrons. The molecule has 29 heavy (non-hydrogen) atoms. The molecule has 0 radical (unpaired) electrons. The van der Waals surface area contributed by atoms with Crippen LogP contribution in [0.3, 0.4) is 0 Å². The number of aromatic nitrogens is 2. The number of amides is 1. The van der Waals surface area contributed by atoms with Crippen molar-refractivity contribution < 1.29 is 14.3 Å². The van der Waals surface area contributed by atoms with Crippen LogP contribution >= 0.6 is 0 Å². The summed E-state index contributed by atoms with van der Waals surface area (Å²) in [5.41, 5.74) is 9.49. The third-order valence-corrected chi connectivity index (χ3v) is 4.26. The quantitative estimate of drug-likeness (QED) is 0.477. The summed E-state index contributed by atoms with van der Waals surface area (Å²) in [4.78, 5) is 20.0. The summed E-state index contributed by atoms with van der Waals surface area (Å²) >= 11 is 0. The second-order valence-corrected chi connectivity index (χ2v) is 6.58.